The van der Waals surface area contributed by atoms with Crippen LogP contribution in [0.5, 0.6) is 11.5 Å². The van der Waals surface area contributed by atoms with Gasteiger partial charge in [-0.25, -0.2) is 0 Å². The monoisotopic (exact) mass is 458 g/mol. The van der Waals surface area contributed by atoms with Crippen molar-refractivity contribution in [2.45, 2.75) is 32.8 Å². The number of carbonyl (C=O) groups is 2. The van der Waals surface area contributed by atoms with Gasteiger partial charge in [0.2, 0.25) is 5.91 Å². The van der Waals surface area contributed by atoms with Crippen LogP contribution >= 0.6 is 11.6 Å². The van der Waals surface area contributed by atoms with Gasteiger partial charge >= 0.3 is 0 Å². The Bertz CT molecular complexity index is 1020. The van der Waals surface area contributed by atoms with Gasteiger partial charge in [-0.1, -0.05) is 23.7 Å². The van der Waals surface area contributed by atoms with Gasteiger partial charge in [0, 0.05) is 24.4 Å². The zero-order chi connectivity index (χ0) is 22.7. The maximum Gasteiger partial charge on any atom is 0.254 e. The molecule has 0 aromatic heterocycles. The maximum absolute atomic E-state index is 13.4. The number of rotatable bonds is 6. The average molecular weight is 459 g/mol. The number of fused-ring (bicyclic) bond motifs is 1. The zero-order valence-electron chi connectivity index (χ0n) is 18.3. The Balaban J connectivity index is 1.54. The average Bonchev–Trinajstić information content (AvgIpc) is 3.29. The first-order valence-electron chi connectivity index (χ1n) is 10.8. The number of ether oxygens (including phenoxy) is 3. The van der Waals surface area contributed by atoms with Gasteiger partial charge < -0.3 is 24.4 Å². The smallest absolute Gasteiger partial charge is 0.254 e. The van der Waals surface area contributed by atoms with Gasteiger partial charge in [0.05, 0.1) is 11.1 Å². The number of hydrogen-bond acceptors (Lipinski definition) is 5. The highest BCUT2D eigenvalue weighted by Gasteiger charge is 2.27. The van der Waals surface area contributed by atoms with E-state index in [-0.39, 0.29) is 24.5 Å². The molecule has 7 nitrogen and oxygen atoms in total. The standard InChI is InChI=1S/C24H27ClN2O5/c1-15-5-3-7-20(16(15)2)26-22(28)14-27(13-18-6-4-8-30-18)24(29)17-11-19(25)23-21(12-17)31-9-10-32-23/h3,5,7,11-12,18H,4,6,8-10,13-14H2,1-2H3,(H,26,28). The summed E-state index contributed by atoms with van der Waals surface area (Å²) in [4.78, 5) is 27.8. The highest BCUT2D eigenvalue weighted by Crippen LogP contribution is 2.38. The minimum atomic E-state index is -0.310. The lowest BCUT2D eigenvalue weighted by Crippen LogP contribution is -2.42. The minimum absolute atomic E-state index is 0.0971. The molecule has 0 spiro atoms. The summed E-state index contributed by atoms with van der Waals surface area (Å²) < 4.78 is 16.9. The Morgan fingerprint density at radius 2 is 1.97 bits per heavy atom. The van der Waals surface area contributed by atoms with E-state index >= 15 is 0 Å². The highest BCUT2D eigenvalue weighted by molar-refractivity contribution is 6.32. The summed E-state index contributed by atoms with van der Waals surface area (Å²) in [6.45, 7) is 5.63. The predicted molar refractivity (Wildman–Crippen MR) is 122 cm³/mol. The molecule has 2 amide bonds. The molecule has 1 fully saturated rings. The third-order valence-corrected chi connectivity index (χ3v) is 6.07. The molecule has 2 aliphatic heterocycles. The van der Waals surface area contributed by atoms with Crippen molar-refractivity contribution in [2.75, 3.05) is 38.2 Å². The molecule has 2 aromatic rings. The van der Waals surface area contributed by atoms with Crippen molar-refractivity contribution in [1.82, 2.24) is 4.90 Å². The van der Waals surface area contributed by atoms with Crippen LogP contribution in [0, 0.1) is 13.8 Å². The largest absolute Gasteiger partial charge is 0.486 e. The summed E-state index contributed by atoms with van der Waals surface area (Å²) in [6, 6.07) is 8.91. The van der Waals surface area contributed by atoms with Crippen molar-refractivity contribution < 1.29 is 23.8 Å². The van der Waals surface area contributed by atoms with E-state index in [1.54, 1.807) is 12.1 Å². The van der Waals surface area contributed by atoms with Crippen molar-refractivity contribution in [3.63, 3.8) is 0 Å². The number of aryl methyl sites for hydroxylation is 1. The van der Waals surface area contributed by atoms with Crippen LogP contribution in [-0.2, 0) is 9.53 Å². The Kier molecular flexibility index (Phi) is 6.86. The lowest BCUT2D eigenvalue weighted by atomic mass is 10.1. The fourth-order valence-electron chi connectivity index (χ4n) is 3.92. The molecule has 0 bridgehead atoms. The number of carbonyl (C=O) groups excluding carboxylic acids is 2. The zero-order valence-corrected chi connectivity index (χ0v) is 19.0. The molecular formula is C24H27ClN2O5. The SMILES string of the molecule is Cc1cccc(NC(=O)CN(CC2CCCO2)C(=O)c2cc(Cl)c3c(c2)OCCO3)c1C. The normalized spacial score (nSPS) is 17.2. The number of nitrogens with one attached hydrogen (secondary N) is 1. The summed E-state index contributed by atoms with van der Waals surface area (Å²) in [7, 11) is 0. The molecule has 4 rings (SSSR count). The van der Waals surface area contributed by atoms with Gasteiger partial charge in [-0.3, -0.25) is 9.59 Å². The Morgan fingerprint density at radius 3 is 2.75 bits per heavy atom. The van der Waals surface area contributed by atoms with Crippen LogP contribution in [0.2, 0.25) is 5.02 Å². The number of hydrogen-bond donors (Lipinski definition) is 1. The van der Waals surface area contributed by atoms with E-state index in [1.165, 1.54) is 4.90 Å². The van der Waals surface area contributed by atoms with E-state index in [4.69, 9.17) is 25.8 Å². The van der Waals surface area contributed by atoms with Crippen LogP contribution in [0.25, 0.3) is 0 Å². The van der Waals surface area contributed by atoms with Gasteiger partial charge in [0.15, 0.2) is 11.5 Å². The van der Waals surface area contributed by atoms with E-state index in [0.29, 0.717) is 48.5 Å². The van der Waals surface area contributed by atoms with E-state index in [2.05, 4.69) is 5.32 Å². The summed E-state index contributed by atoms with van der Waals surface area (Å²) in [6.07, 6.45) is 1.70. The molecule has 1 saturated heterocycles. The lowest BCUT2D eigenvalue weighted by Gasteiger charge is -2.26. The Morgan fingerprint density at radius 1 is 1.16 bits per heavy atom. The molecule has 0 aliphatic carbocycles. The highest BCUT2D eigenvalue weighted by atomic mass is 35.5. The molecule has 0 saturated carbocycles. The molecule has 0 radical (unpaired) electrons. The van der Waals surface area contributed by atoms with Crippen molar-refractivity contribution in [3.8, 4) is 11.5 Å². The van der Waals surface area contributed by atoms with Gasteiger partial charge in [0.25, 0.3) is 5.91 Å². The van der Waals surface area contributed by atoms with Crippen molar-refractivity contribution >= 4 is 29.1 Å². The molecule has 170 valence electrons. The number of benzene rings is 2. The second-order valence-electron chi connectivity index (χ2n) is 8.10. The first-order chi connectivity index (χ1) is 15.4. The van der Waals surface area contributed by atoms with Crippen molar-refractivity contribution in [1.29, 1.82) is 0 Å². The van der Waals surface area contributed by atoms with Crippen molar-refractivity contribution in [2.24, 2.45) is 0 Å². The van der Waals surface area contributed by atoms with Gasteiger partial charge in [-0.05, 0) is 56.0 Å². The van der Waals surface area contributed by atoms with E-state index in [0.717, 1.165) is 29.7 Å². The second kappa shape index (κ2) is 9.79. The minimum Gasteiger partial charge on any atom is -0.486 e. The fourth-order valence-corrected chi connectivity index (χ4v) is 4.19. The number of anilines is 1. The quantitative estimate of drug-likeness (QED) is 0.708. The summed E-state index contributed by atoms with van der Waals surface area (Å²) in [5, 5.41) is 3.24. The fraction of sp³-hybridized carbons (Fsp3) is 0.417. The first-order valence-corrected chi connectivity index (χ1v) is 11.2. The molecule has 8 heteroatoms. The van der Waals surface area contributed by atoms with Crippen LogP contribution < -0.4 is 14.8 Å². The third-order valence-electron chi connectivity index (χ3n) is 5.79. The second-order valence-corrected chi connectivity index (χ2v) is 8.51. The molecule has 2 aromatic carbocycles. The Labute approximate surface area is 192 Å². The Hall–Kier alpha value is -2.77. The molecule has 32 heavy (non-hydrogen) atoms. The molecule has 1 atom stereocenters. The van der Waals surface area contributed by atoms with E-state index in [9.17, 15) is 9.59 Å². The third kappa shape index (κ3) is 5.00. The lowest BCUT2D eigenvalue weighted by molar-refractivity contribution is -0.117. The summed E-state index contributed by atoms with van der Waals surface area (Å²) in [5.41, 5.74) is 3.16. The van der Waals surface area contributed by atoms with Crippen LogP contribution in [-0.4, -0.2) is 55.7 Å². The molecule has 1 N–H and O–H groups in total. The van der Waals surface area contributed by atoms with Crippen LogP contribution in [0.1, 0.15) is 34.3 Å². The summed E-state index contributed by atoms with van der Waals surface area (Å²) in [5.74, 6) is 0.293. The molecule has 1 unspecified atom stereocenters. The van der Waals surface area contributed by atoms with E-state index in [1.807, 2.05) is 32.0 Å². The van der Waals surface area contributed by atoms with Crippen LogP contribution in [0.4, 0.5) is 5.69 Å². The van der Waals surface area contributed by atoms with Gasteiger partial charge in [0.1, 0.15) is 19.8 Å². The number of amides is 2. The topological polar surface area (TPSA) is 77.1 Å². The van der Waals surface area contributed by atoms with Gasteiger partial charge in [-0.2, -0.15) is 0 Å². The molecular weight excluding hydrogens is 432 g/mol. The maximum atomic E-state index is 13.4. The number of halogens is 1. The van der Waals surface area contributed by atoms with Gasteiger partial charge in [-0.15, -0.1) is 0 Å². The molecule has 2 heterocycles. The van der Waals surface area contributed by atoms with Crippen molar-refractivity contribution in [3.05, 3.63) is 52.0 Å². The predicted octanol–water partition coefficient (Wildman–Crippen LogP) is 3.99. The van der Waals surface area contributed by atoms with Crippen LogP contribution in [0.3, 0.4) is 0 Å². The first kappa shape index (κ1) is 22.4. The molecule has 2 aliphatic rings. The number of nitrogens with zero attached hydrogens (tertiary/aromatic N) is 1. The van der Waals surface area contributed by atoms with E-state index < -0.39 is 0 Å². The summed E-state index contributed by atoms with van der Waals surface area (Å²) >= 11 is 6.33. The van der Waals surface area contributed by atoms with Crippen LogP contribution in [0.15, 0.2) is 30.3 Å².